The normalized spacial score (nSPS) is 17.5. The second kappa shape index (κ2) is 8.59. The molecule has 0 radical (unpaired) electrons. The Morgan fingerprint density at radius 3 is 2.47 bits per heavy atom. The summed E-state index contributed by atoms with van der Waals surface area (Å²) in [6.07, 6.45) is 0.207. The Balaban J connectivity index is 1.94. The number of rotatable bonds is 5. The van der Waals surface area contributed by atoms with Gasteiger partial charge < -0.3 is 5.09 Å². The van der Waals surface area contributed by atoms with E-state index in [9.17, 15) is 8.96 Å². The topological polar surface area (TPSA) is 86.3 Å². The molecule has 1 N–H and O–H groups in total. The van der Waals surface area contributed by atoms with Gasteiger partial charge in [0.15, 0.2) is 5.82 Å². The molecule has 1 aliphatic rings. The molecule has 2 heterocycles. The van der Waals surface area contributed by atoms with Crippen LogP contribution in [0.25, 0.3) is 0 Å². The summed E-state index contributed by atoms with van der Waals surface area (Å²) in [4.78, 5) is 4.71. The van der Waals surface area contributed by atoms with Gasteiger partial charge in [-0.25, -0.2) is 14.1 Å². The van der Waals surface area contributed by atoms with E-state index < -0.39 is 13.3 Å². The Bertz CT molecular complexity index is 1290. The minimum absolute atomic E-state index is 0.207. The van der Waals surface area contributed by atoms with Crippen LogP contribution in [-0.2, 0) is 11.1 Å². The average molecular weight is 491 g/mol. The molecule has 11 heteroatoms. The summed E-state index contributed by atoms with van der Waals surface area (Å²) in [7, 11) is -1.99. The van der Waals surface area contributed by atoms with E-state index in [2.05, 4.69) is 16.3 Å². The molecular weight excluding hydrogens is 473 g/mol. The smallest absolute Gasteiger partial charge is 0.296 e. The summed E-state index contributed by atoms with van der Waals surface area (Å²) in [5.74, 6) is 0.330. The van der Waals surface area contributed by atoms with Crippen molar-refractivity contribution in [3.05, 3.63) is 69.6 Å². The van der Waals surface area contributed by atoms with Crippen LogP contribution in [0.1, 0.15) is 17.7 Å². The minimum atomic E-state index is -3.63. The maximum absolute atomic E-state index is 14.6. The zero-order valence-corrected chi connectivity index (χ0v) is 19.6. The van der Waals surface area contributed by atoms with Crippen LogP contribution < -0.4 is 10.4 Å². The Kier molecular flexibility index (Phi) is 6.00. The molecule has 0 amide bonds. The van der Waals surface area contributed by atoms with Gasteiger partial charge in [-0.15, -0.1) is 0 Å². The van der Waals surface area contributed by atoms with Crippen molar-refractivity contribution in [3.8, 4) is 6.07 Å². The highest BCUT2D eigenvalue weighted by molar-refractivity contribution is 7.72. The zero-order valence-electron chi connectivity index (χ0n) is 17.2. The first-order chi connectivity index (χ1) is 15.3. The monoisotopic (exact) mass is 490 g/mol. The maximum Gasteiger partial charge on any atom is 0.296 e. The van der Waals surface area contributed by atoms with E-state index in [0.29, 0.717) is 43.9 Å². The van der Waals surface area contributed by atoms with Gasteiger partial charge in [0.1, 0.15) is 17.0 Å². The number of nitriles is 1. The standard InChI is InChI=1S/C21H18Cl2FN6OP/c1-13-19-21(30(27-13)12-4-11-25)26-20(14-7-9-15(24)10-8-14)29(2)32(19,31)28-18-16(22)5-3-6-17(18)23/h3,5-10H,4,12H2,1-2H3,(H,28,31). The van der Waals surface area contributed by atoms with Gasteiger partial charge in [0.05, 0.1) is 40.5 Å². The fourth-order valence-electron chi connectivity index (χ4n) is 3.53. The molecule has 1 atom stereocenters. The van der Waals surface area contributed by atoms with Crippen LogP contribution >= 0.6 is 30.6 Å². The molecule has 0 saturated heterocycles. The summed E-state index contributed by atoms with van der Waals surface area (Å²) in [6.45, 7) is 2.01. The van der Waals surface area contributed by atoms with Crippen LogP contribution in [0.5, 0.6) is 0 Å². The molecule has 1 unspecified atom stereocenters. The van der Waals surface area contributed by atoms with E-state index in [0.717, 1.165) is 0 Å². The van der Waals surface area contributed by atoms with Crippen LogP contribution in [0.15, 0.2) is 47.5 Å². The number of amidine groups is 1. The molecule has 1 aromatic heterocycles. The van der Waals surface area contributed by atoms with Crippen molar-refractivity contribution >= 4 is 53.3 Å². The van der Waals surface area contributed by atoms with Crippen molar-refractivity contribution in [2.24, 2.45) is 4.99 Å². The van der Waals surface area contributed by atoms with Crippen molar-refractivity contribution in [2.75, 3.05) is 12.1 Å². The van der Waals surface area contributed by atoms with Gasteiger partial charge in [-0.2, -0.15) is 10.4 Å². The molecule has 0 fully saturated rings. The van der Waals surface area contributed by atoms with Crippen molar-refractivity contribution in [2.45, 2.75) is 19.9 Å². The number of hydrogen-bond donors (Lipinski definition) is 1. The number of fused-ring (bicyclic) bond motifs is 1. The van der Waals surface area contributed by atoms with Gasteiger partial charge in [0.25, 0.3) is 7.44 Å². The minimum Gasteiger partial charge on any atom is -0.314 e. The third-order valence-electron chi connectivity index (χ3n) is 5.08. The molecule has 0 saturated carbocycles. The highest BCUT2D eigenvalue weighted by atomic mass is 35.5. The zero-order chi connectivity index (χ0) is 23.0. The van der Waals surface area contributed by atoms with E-state index in [-0.39, 0.29) is 13.0 Å². The number of aliphatic imine (C=N–C) groups is 1. The largest absolute Gasteiger partial charge is 0.314 e. The predicted octanol–water partition coefficient (Wildman–Crippen LogP) is 5.51. The van der Waals surface area contributed by atoms with Crippen LogP contribution in [0.4, 0.5) is 15.9 Å². The van der Waals surface area contributed by atoms with Gasteiger partial charge in [-0.1, -0.05) is 29.3 Å². The molecule has 7 nitrogen and oxygen atoms in total. The quantitative estimate of drug-likeness (QED) is 0.476. The fraction of sp³-hybridized carbons (Fsp3) is 0.190. The number of nitrogens with zero attached hydrogens (tertiary/aromatic N) is 5. The Morgan fingerprint density at radius 1 is 1.19 bits per heavy atom. The number of aromatic nitrogens is 2. The molecule has 0 bridgehead atoms. The number of benzene rings is 2. The molecule has 0 aliphatic carbocycles. The van der Waals surface area contributed by atoms with Crippen LogP contribution in [0.2, 0.25) is 10.0 Å². The highest BCUT2D eigenvalue weighted by Crippen LogP contribution is 2.55. The summed E-state index contributed by atoms with van der Waals surface area (Å²) < 4.78 is 31.3. The second-order valence-corrected chi connectivity index (χ2v) is 10.4. The second-order valence-electron chi connectivity index (χ2n) is 7.14. The molecular formula is C21H18Cl2FN6OP. The van der Waals surface area contributed by atoms with Crippen molar-refractivity contribution in [1.29, 1.82) is 5.26 Å². The molecule has 0 spiro atoms. The lowest BCUT2D eigenvalue weighted by molar-refractivity contribution is 0.553. The summed E-state index contributed by atoms with van der Waals surface area (Å²) in [5.41, 5.74) is 1.39. The van der Waals surface area contributed by atoms with E-state index in [4.69, 9.17) is 33.5 Å². The van der Waals surface area contributed by atoms with Gasteiger partial charge in [0, 0.05) is 12.6 Å². The van der Waals surface area contributed by atoms with Crippen molar-refractivity contribution in [1.82, 2.24) is 14.5 Å². The van der Waals surface area contributed by atoms with E-state index in [1.807, 2.05) is 0 Å². The van der Waals surface area contributed by atoms with Crippen LogP contribution in [0, 0.1) is 24.1 Å². The molecule has 164 valence electrons. The van der Waals surface area contributed by atoms with Crippen LogP contribution in [-0.4, -0.2) is 27.3 Å². The summed E-state index contributed by atoms with van der Waals surface area (Å²) in [5, 5.41) is 17.6. The SMILES string of the molecule is Cc1nn(CCC#N)c2c1P(=O)(Nc1c(Cl)cccc1Cl)N(C)C(c1ccc(F)cc1)=N2. The number of para-hydroxylation sites is 1. The summed E-state index contributed by atoms with van der Waals surface area (Å²) >= 11 is 12.7. The molecule has 3 aromatic rings. The lowest BCUT2D eigenvalue weighted by atomic mass is 10.2. The Hall–Kier alpha value is -2.85. The van der Waals surface area contributed by atoms with E-state index in [1.165, 1.54) is 16.8 Å². The van der Waals surface area contributed by atoms with Crippen LogP contribution in [0.3, 0.4) is 0 Å². The van der Waals surface area contributed by atoms with Gasteiger partial charge in [0.2, 0.25) is 0 Å². The molecule has 4 rings (SSSR count). The molecule has 2 aromatic carbocycles. The number of hydrogen-bond acceptors (Lipinski definition) is 4. The highest BCUT2D eigenvalue weighted by Gasteiger charge is 2.43. The number of halogens is 3. The number of aryl methyl sites for hydroxylation is 2. The fourth-order valence-corrected chi connectivity index (χ4v) is 6.61. The first kappa shape index (κ1) is 22.3. The predicted molar refractivity (Wildman–Crippen MR) is 125 cm³/mol. The summed E-state index contributed by atoms with van der Waals surface area (Å²) in [6, 6.07) is 12.8. The number of nitrogens with one attached hydrogen (secondary N) is 1. The van der Waals surface area contributed by atoms with Gasteiger partial charge in [-0.3, -0.25) is 9.24 Å². The van der Waals surface area contributed by atoms with E-state index >= 15 is 0 Å². The Labute approximate surface area is 194 Å². The first-order valence-corrected chi connectivity index (χ1v) is 12.0. The number of anilines is 1. The lowest BCUT2D eigenvalue weighted by Gasteiger charge is -2.35. The molecule has 32 heavy (non-hydrogen) atoms. The first-order valence-electron chi connectivity index (χ1n) is 9.62. The Morgan fingerprint density at radius 2 is 1.84 bits per heavy atom. The van der Waals surface area contributed by atoms with Crippen molar-refractivity contribution in [3.63, 3.8) is 0 Å². The third kappa shape index (κ3) is 3.77. The van der Waals surface area contributed by atoms with Crippen molar-refractivity contribution < 1.29 is 8.96 Å². The third-order valence-corrected chi connectivity index (χ3v) is 8.40. The van der Waals surface area contributed by atoms with Gasteiger partial charge in [-0.05, 0) is 43.3 Å². The maximum atomic E-state index is 14.6. The average Bonchev–Trinajstić information content (AvgIpc) is 3.08. The van der Waals surface area contributed by atoms with E-state index in [1.54, 1.807) is 49.0 Å². The van der Waals surface area contributed by atoms with Gasteiger partial charge >= 0.3 is 0 Å². The molecule has 1 aliphatic heterocycles. The lowest BCUT2D eigenvalue weighted by Crippen LogP contribution is -2.36.